The van der Waals surface area contributed by atoms with E-state index < -0.39 is 21.6 Å². The number of aliphatic imine (C=N–C) groups is 2. The van der Waals surface area contributed by atoms with E-state index in [1.165, 1.54) is 46.4 Å². The molecule has 0 bridgehead atoms. The Labute approximate surface area is 277 Å². The van der Waals surface area contributed by atoms with E-state index in [9.17, 15) is 18.0 Å². The summed E-state index contributed by atoms with van der Waals surface area (Å²) in [5.41, 5.74) is 2.87. The number of carbonyl (C=O) groups is 2. The number of nitrogens with zero attached hydrogens (tertiary/aromatic N) is 2. The molecule has 2 unspecified atom stereocenters. The van der Waals surface area contributed by atoms with Gasteiger partial charge in [-0.25, -0.2) is 0 Å². The van der Waals surface area contributed by atoms with Crippen LogP contribution < -0.4 is 10.6 Å². The molecule has 0 saturated carbocycles. The minimum absolute atomic E-state index is 0.00848. The minimum Gasteiger partial charge on any atom is -0.386 e. The Bertz CT molecular complexity index is 740. The van der Waals surface area contributed by atoms with Crippen LogP contribution in [0.2, 0.25) is 0 Å². The molecule has 0 aliphatic heterocycles. The molecule has 0 aromatic rings. The number of thioether (sulfide) groups is 10. The molecule has 0 spiro atoms. The van der Waals surface area contributed by atoms with Gasteiger partial charge < -0.3 is 20.8 Å². The molecule has 0 aliphatic rings. The largest absolute Gasteiger partial charge is 0.386 e. The Kier molecular flexibility index (Phi) is 34.6. The molecule has 0 saturated heterocycles. The second kappa shape index (κ2) is 32.9. The van der Waals surface area contributed by atoms with Crippen molar-refractivity contribution in [3.8, 4) is 0 Å². The fourth-order valence-corrected chi connectivity index (χ4v) is 11.9. The van der Waals surface area contributed by atoms with Crippen molar-refractivity contribution in [2.75, 3.05) is 71.0 Å². The summed E-state index contributed by atoms with van der Waals surface area (Å²) in [4.78, 5) is 31.5. The summed E-state index contributed by atoms with van der Waals surface area (Å²) >= 11 is 14.2. The van der Waals surface area contributed by atoms with Crippen LogP contribution in [0, 0.1) is 0 Å². The molecule has 2 atom stereocenters. The average Bonchev–Trinajstić information content (AvgIpc) is 2.92. The second-order valence-corrected chi connectivity index (χ2v) is 20.6. The summed E-state index contributed by atoms with van der Waals surface area (Å²) in [6.45, 7) is 0. The fourth-order valence-electron chi connectivity index (χ4n) is 1.55. The lowest BCUT2D eigenvalue weighted by Crippen LogP contribution is -2.17. The van der Waals surface area contributed by atoms with E-state index in [1.807, 2.05) is 0 Å². The molecule has 0 aliphatic carbocycles. The maximum atomic E-state index is 11.9. The lowest BCUT2D eigenvalue weighted by molar-refractivity contribution is 0.261. The molecular weight excluding hydrogens is 741 g/mol. The van der Waals surface area contributed by atoms with Gasteiger partial charge in [-0.05, 0) is 0 Å². The van der Waals surface area contributed by atoms with Crippen LogP contribution in [-0.2, 0) is 21.6 Å². The van der Waals surface area contributed by atoms with E-state index in [0.29, 0.717) is 43.8 Å². The van der Waals surface area contributed by atoms with Crippen LogP contribution in [0.1, 0.15) is 0 Å². The van der Waals surface area contributed by atoms with Crippen LogP contribution in [-0.4, -0.2) is 111 Å². The summed E-state index contributed by atoms with van der Waals surface area (Å²) in [6, 6.07) is 0. The molecular formula is C17H32N4O6S12. The first kappa shape index (κ1) is 41.0. The Hall–Kier alpha value is 2.00. The molecule has 0 aromatic carbocycles. The first-order valence-electron chi connectivity index (χ1n) is 10.4. The van der Waals surface area contributed by atoms with Gasteiger partial charge in [0.05, 0.1) is 83.3 Å². The topological polar surface area (TPSA) is 158 Å². The Morgan fingerprint density at radius 2 is 1.08 bits per heavy atom. The number of hydrogen-bond donors (Lipinski definition) is 4. The number of amides is 2. The standard InChI is InChI=1S/C17H32N4O6S12/c22-7-32-12-36-16(24)20-3-30-10-29-2-19-6-39(27)15-35-11-34-13-37-17(25)21-4-31-9-28-1-18-5-38(26)14-33-8-23/h5-6,22-23H,1-4,7-15H2,(H,20,24)(H,21,25). The van der Waals surface area contributed by atoms with Crippen molar-refractivity contribution in [2.45, 2.75) is 0 Å². The quantitative estimate of drug-likeness (QED) is 0.0414. The highest BCUT2D eigenvalue weighted by Gasteiger charge is 2.03. The monoisotopic (exact) mass is 772 g/mol. The van der Waals surface area contributed by atoms with Crippen molar-refractivity contribution in [2.24, 2.45) is 9.98 Å². The van der Waals surface area contributed by atoms with Gasteiger partial charge in [-0.3, -0.25) is 28.0 Å². The fraction of sp³-hybridized carbons (Fsp3) is 0.765. The van der Waals surface area contributed by atoms with Crippen LogP contribution in [0.5, 0.6) is 0 Å². The highest BCUT2D eigenvalue weighted by molar-refractivity contribution is 8.29. The molecule has 2 amide bonds. The number of aliphatic hydroxyl groups excluding tert-OH is 2. The third-order valence-corrected chi connectivity index (χ3v) is 15.8. The van der Waals surface area contributed by atoms with E-state index in [1.54, 1.807) is 70.6 Å². The summed E-state index contributed by atoms with van der Waals surface area (Å²) in [7, 11) is -2.29. The maximum Gasteiger partial charge on any atom is 0.280 e. The highest BCUT2D eigenvalue weighted by Crippen LogP contribution is 2.19. The van der Waals surface area contributed by atoms with Gasteiger partial charge in [-0.1, -0.05) is 23.5 Å². The zero-order valence-corrected chi connectivity index (χ0v) is 30.5. The number of hydrogen-bond acceptors (Lipinski definition) is 18. The number of aliphatic hydroxyl groups is 2. The number of nitrogens with one attached hydrogen (secondary N) is 2. The molecule has 0 fully saturated rings. The minimum atomic E-state index is -1.16. The number of carbonyl (C=O) groups excluding carboxylic acids is 2. The second-order valence-electron chi connectivity index (χ2n) is 5.82. The van der Waals surface area contributed by atoms with Gasteiger partial charge in [0.1, 0.15) is 0 Å². The van der Waals surface area contributed by atoms with Crippen molar-refractivity contribution in [1.29, 1.82) is 0 Å². The predicted octanol–water partition coefficient (Wildman–Crippen LogP) is 4.72. The summed E-state index contributed by atoms with van der Waals surface area (Å²) < 4.78 is 23.4. The van der Waals surface area contributed by atoms with Gasteiger partial charge in [0.2, 0.25) is 0 Å². The van der Waals surface area contributed by atoms with Gasteiger partial charge in [-0.15, -0.1) is 94.1 Å². The third-order valence-electron chi connectivity index (χ3n) is 2.98. The summed E-state index contributed by atoms with van der Waals surface area (Å²) in [5, 5.41) is 26.9. The predicted molar refractivity (Wildman–Crippen MR) is 194 cm³/mol. The summed E-state index contributed by atoms with van der Waals surface area (Å²) in [6.07, 6.45) is 0. The molecule has 39 heavy (non-hydrogen) atoms. The van der Waals surface area contributed by atoms with Crippen molar-refractivity contribution in [3.05, 3.63) is 0 Å². The molecule has 22 heteroatoms. The van der Waals surface area contributed by atoms with E-state index in [-0.39, 0.29) is 22.4 Å². The van der Waals surface area contributed by atoms with Crippen LogP contribution >= 0.6 is 118 Å². The average molecular weight is 773 g/mol. The van der Waals surface area contributed by atoms with Gasteiger partial charge in [0.25, 0.3) is 10.5 Å². The first-order chi connectivity index (χ1) is 19.0. The van der Waals surface area contributed by atoms with Crippen LogP contribution in [0.3, 0.4) is 0 Å². The van der Waals surface area contributed by atoms with Crippen molar-refractivity contribution in [1.82, 2.24) is 10.6 Å². The molecule has 0 heterocycles. The third kappa shape index (κ3) is 32.7. The normalized spacial score (nSPS) is 13.2. The Morgan fingerprint density at radius 3 is 1.59 bits per heavy atom. The van der Waals surface area contributed by atoms with Gasteiger partial charge in [0.15, 0.2) is 0 Å². The molecule has 0 radical (unpaired) electrons. The van der Waals surface area contributed by atoms with Gasteiger partial charge in [0, 0.05) is 20.3 Å². The zero-order chi connectivity index (χ0) is 28.8. The summed E-state index contributed by atoms with van der Waals surface area (Å²) in [5.74, 6) is 2.00. The van der Waals surface area contributed by atoms with E-state index >= 15 is 0 Å². The Balaban J connectivity index is 3.48. The van der Waals surface area contributed by atoms with Gasteiger partial charge in [-0.2, -0.15) is 0 Å². The van der Waals surface area contributed by atoms with Crippen molar-refractivity contribution < 1.29 is 28.2 Å². The molecule has 0 rings (SSSR count). The molecule has 228 valence electrons. The highest BCUT2D eigenvalue weighted by atomic mass is 32.3. The van der Waals surface area contributed by atoms with E-state index in [2.05, 4.69) is 20.6 Å². The molecule has 10 nitrogen and oxygen atoms in total. The first-order valence-corrected chi connectivity index (χ1v) is 24.4. The van der Waals surface area contributed by atoms with Crippen LogP contribution in [0.15, 0.2) is 9.98 Å². The lowest BCUT2D eigenvalue weighted by atomic mass is 11.2. The van der Waals surface area contributed by atoms with Crippen molar-refractivity contribution >= 4 is 161 Å². The van der Waals surface area contributed by atoms with Crippen LogP contribution in [0.25, 0.3) is 0 Å². The van der Waals surface area contributed by atoms with E-state index in [0.717, 1.165) is 27.0 Å². The van der Waals surface area contributed by atoms with Gasteiger partial charge >= 0.3 is 0 Å². The Morgan fingerprint density at radius 1 is 0.615 bits per heavy atom. The van der Waals surface area contributed by atoms with Crippen molar-refractivity contribution in [3.63, 3.8) is 0 Å². The molecule has 4 N–H and O–H groups in total. The SMILES string of the molecule is O=C(NCSCSCN=CS(=O)CSCSCSC(=O)NCSCSCN=CS(=O)CSCO)SCSCO. The molecule has 0 aromatic heterocycles. The zero-order valence-electron chi connectivity index (χ0n) is 20.7. The van der Waals surface area contributed by atoms with Crippen LogP contribution in [0.4, 0.5) is 9.59 Å². The number of rotatable bonds is 26. The lowest BCUT2D eigenvalue weighted by Gasteiger charge is -2.04. The smallest absolute Gasteiger partial charge is 0.280 e. The van der Waals surface area contributed by atoms with E-state index in [4.69, 9.17) is 10.2 Å². The maximum absolute atomic E-state index is 11.9.